The summed E-state index contributed by atoms with van der Waals surface area (Å²) < 4.78 is 0. The summed E-state index contributed by atoms with van der Waals surface area (Å²) in [5.41, 5.74) is 11.8. The van der Waals surface area contributed by atoms with Crippen molar-refractivity contribution >= 4 is 16.5 Å². The van der Waals surface area contributed by atoms with Crippen LogP contribution >= 0.6 is 0 Å². The van der Waals surface area contributed by atoms with Crippen LogP contribution in [0.15, 0.2) is 91.0 Å². The molecule has 4 aromatic rings. The fourth-order valence-electron chi connectivity index (χ4n) is 2.99. The first kappa shape index (κ1) is 13.6. The molecule has 4 rings (SSSR count). The Hall–Kier alpha value is -3.06. The molecule has 0 heterocycles. The molecule has 0 saturated heterocycles. The molecule has 0 spiro atoms. The van der Waals surface area contributed by atoms with Gasteiger partial charge in [0, 0.05) is 11.1 Å². The van der Waals surface area contributed by atoms with Crippen molar-refractivity contribution in [3.05, 3.63) is 91.0 Å². The molecule has 4 aromatic carbocycles. The van der Waals surface area contributed by atoms with Crippen molar-refractivity contribution in [1.82, 2.24) is 0 Å². The minimum atomic E-state index is 0.824. The third kappa shape index (κ3) is 2.58. The Morgan fingerprint density at radius 2 is 1.04 bits per heavy atom. The highest BCUT2D eigenvalue weighted by Gasteiger charge is 2.04. The van der Waals surface area contributed by atoms with Gasteiger partial charge in [-0.15, -0.1) is 0 Å². The van der Waals surface area contributed by atoms with Gasteiger partial charge in [0.15, 0.2) is 0 Å². The molecule has 0 radical (unpaired) electrons. The summed E-state index contributed by atoms with van der Waals surface area (Å²) in [6.45, 7) is 0. The van der Waals surface area contributed by atoms with Gasteiger partial charge in [0.25, 0.3) is 0 Å². The third-order valence-electron chi connectivity index (χ3n) is 4.22. The molecule has 0 aliphatic heterocycles. The number of benzene rings is 4. The lowest BCUT2D eigenvalue weighted by Gasteiger charge is -2.08. The zero-order chi connectivity index (χ0) is 15.6. The van der Waals surface area contributed by atoms with Gasteiger partial charge in [-0.3, -0.25) is 0 Å². The van der Waals surface area contributed by atoms with E-state index in [0.717, 1.165) is 16.6 Å². The van der Waals surface area contributed by atoms with Crippen molar-refractivity contribution in [3.8, 4) is 22.3 Å². The van der Waals surface area contributed by atoms with E-state index in [1.54, 1.807) is 0 Å². The molecule has 1 heteroatoms. The SMILES string of the molecule is Nc1cc(-c2ccc(-c3ccccc3)cc2)cc2ccccc12. The molecule has 23 heavy (non-hydrogen) atoms. The maximum atomic E-state index is 6.22. The quantitative estimate of drug-likeness (QED) is 0.468. The second-order valence-corrected chi connectivity index (χ2v) is 5.73. The average Bonchev–Trinajstić information content (AvgIpc) is 2.63. The van der Waals surface area contributed by atoms with E-state index < -0.39 is 0 Å². The molecule has 0 saturated carbocycles. The normalized spacial score (nSPS) is 10.8. The van der Waals surface area contributed by atoms with Crippen molar-refractivity contribution in [1.29, 1.82) is 0 Å². The Labute approximate surface area is 136 Å². The predicted molar refractivity (Wildman–Crippen MR) is 99.2 cm³/mol. The van der Waals surface area contributed by atoms with E-state index in [2.05, 4.69) is 72.8 Å². The summed E-state index contributed by atoms with van der Waals surface area (Å²) >= 11 is 0. The lowest BCUT2D eigenvalue weighted by Crippen LogP contribution is -1.89. The largest absolute Gasteiger partial charge is 0.398 e. The number of nitrogens with two attached hydrogens (primary N) is 1. The molecule has 0 fully saturated rings. The first-order chi connectivity index (χ1) is 11.3. The highest BCUT2D eigenvalue weighted by Crippen LogP contribution is 2.30. The van der Waals surface area contributed by atoms with Crippen LogP contribution in [0.2, 0.25) is 0 Å². The molecule has 110 valence electrons. The van der Waals surface area contributed by atoms with Crippen LogP contribution in [0.1, 0.15) is 0 Å². The van der Waals surface area contributed by atoms with Crippen molar-refractivity contribution < 1.29 is 0 Å². The molecule has 0 aliphatic rings. The van der Waals surface area contributed by atoms with Crippen LogP contribution < -0.4 is 5.73 Å². The highest BCUT2D eigenvalue weighted by molar-refractivity contribution is 5.96. The fraction of sp³-hybridized carbons (Fsp3) is 0. The lowest BCUT2D eigenvalue weighted by molar-refractivity contribution is 1.60. The number of anilines is 1. The molecule has 0 aliphatic carbocycles. The Balaban J connectivity index is 1.76. The van der Waals surface area contributed by atoms with E-state index in [1.165, 1.54) is 22.1 Å². The van der Waals surface area contributed by atoms with Crippen molar-refractivity contribution in [2.75, 3.05) is 5.73 Å². The zero-order valence-electron chi connectivity index (χ0n) is 12.7. The van der Waals surface area contributed by atoms with Crippen molar-refractivity contribution in [2.45, 2.75) is 0 Å². The number of hydrogen-bond donors (Lipinski definition) is 1. The topological polar surface area (TPSA) is 26.0 Å². The van der Waals surface area contributed by atoms with Gasteiger partial charge in [-0.1, -0.05) is 78.9 Å². The van der Waals surface area contributed by atoms with Crippen molar-refractivity contribution in [2.24, 2.45) is 0 Å². The third-order valence-corrected chi connectivity index (χ3v) is 4.22. The number of fused-ring (bicyclic) bond motifs is 1. The average molecular weight is 295 g/mol. The molecular formula is C22H17N. The van der Waals surface area contributed by atoms with Crippen LogP contribution in [-0.2, 0) is 0 Å². The first-order valence-corrected chi connectivity index (χ1v) is 7.75. The molecule has 0 amide bonds. The summed E-state index contributed by atoms with van der Waals surface area (Å²) in [6, 6.07) is 31.5. The van der Waals surface area contributed by atoms with Gasteiger partial charge in [0.2, 0.25) is 0 Å². The van der Waals surface area contributed by atoms with Crippen LogP contribution in [0.3, 0.4) is 0 Å². The minimum absolute atomic E-state index is 0.824. The number of nitrogen functional groups attached to an aromatic ring is 1. The van der Waals surface area contributed by atoms with Gasteiger partial charge in [0.05, 0.1) is 0 Å². The van der Waals surface area contributed by atoms with Gasteiger partial charge in [0.1, 0.15) is 0 Å². The van der Waals surface area contributed by atoms with E-state index in [4.69, 9.17) is 5.73 Å². The van der Waals surface area contributed by atoms with Gasteiger partial charge in [-0.25, -0.2) is 0 Å². The summed E-state index contributed by atoms with van der Waals surface area (Å²) in [6.07, 6.45) is 0. The molecule has 0 aromatic heterocycles. The summed E-state index contributed by atoms with van der Waals surface area (Å²) in [7, 11) is 0. The standard InChI is InChI=1S/C22H17N/c23-22-15-20(14-19-8-4-5-9-21(19)22)18-12-10-17(11-13-18)16-6-2-1-3-7-16/h1-15H,23H2. The fourth-order valence-corrected chi connectivity index (χ4v) is 2.99. The van der Waals surface area contributed by atoms with E-state index in [9.17, 15) is 0 Å². The van der Waals surface area contributed by atoms with Crippen LogP contribution in [0.25, 0.3) is 33.0 Å². The van der Waals surface area contributed by atoms with Gasteiger partial charge < -0.3 is 5.73 Å². The van der Waals surface area contributed by atoms with Crippen LogP contribution in [-0.4, -0.2) is 0 Å². The monoisotopic (exact) mass is 295 g/mol. The summed E-state index contributed by atoms with van der Waals surface area (Å²) in [5, 5.41) is 2.28. The number of hydrogen-bond acceptors (Lipinski definition) is 1. The van der Waals surface area contributed by atoms with E-state index >= 15 is 0 Å². The maximum Gasteiger partial charge on any atom is 0.0399 e. The van der Waals surface area contributed by atoms with Crippen LogP contribution in [0, 0.1) is 0 Å². The predicted octanol–water partition coefficient (Wildman–Crippen LogP) is 5.76. The van der Waals surface area contributed by atoms with Gasteiger partial charge >= 0.3 is 0 Å². The Bertz CT molecular complexity index is 954. The van der Waals surface area contributed by atoms with Gasteiger partial charge in [-0.05, 0) is 39.8 Å². The highest BCUT2D eigenvalue weighted by atomic mass is 14.5. The van der Waals surface area contributed by atoms with Crippen LogP contribution in [0.4, 0.5) is 5.69 Å². The first-order valence-electron chi connectivity index (χ1n) is 7.75. The minimum Gasteiger partial charge on any atom is -0.398 e. The van der Waals surface area contributed by atoms with E-state index in [1.807, 2.05) is 18.2 Å². The van der Waals surface area contributed by atoms with Crippen molar-refractivity contribution in [3.63, 3.8) is 0 Å². The Morgan fingerprint density at radius 1 is 0.478 bits per heavy atom. The van der Waals surface area contributed by atoms with E-state index in [-0.39, 0.29) is 0 Å². The van der Waals surface area contributed by atoms with Crippen LogP contribution in [0.5, 0.6) is 0 Å². The molecule has 0 bridgehead atoms. The Kier molecular flexibility index (Phi) is 3.32. The molecule has 1 nitrogen and oxygen atoms in total. The van der Waals surface area contributed by atoms with Gasteiger partial charge in [-0.2, -0.15) is 0 Å². The molecule has 0 atom stereocenters. The molecule has 0 unspecified atom stereocenters. The number of rotatable bonds is 2. The Morgan fingerprint density at radius 3 is 1.78 bits per heavy atom. The second kappa shape index (κ2) is 5.62. The second-order valence-electron chi connectivity index (χ2n) is 5.73. The van der Waals surface area contributed by atoms with E-state index in [0.29, 0.717) is 0 Å². The maximum absolute atomic E-state index is 6.22. The molecular weight excluding hydrogens is 278 g/mol. The molecule has 2 N–H and O–H groups in total. The lowest BCUT2D eigenvalue weighted by atomic mass is 9.97. The zero-order valence-corrected chi connectivity index (χ0v) is 12.7. The summed E-state index contributed by atoms with van der Waals surface area (Å²) in [5.74, 6) is 0. The summed E-state index contributed by atoms with van der Waals surface area (Å²) in [4.78, 5) is 0. The smallest absolute Gasteiger partial charge is 0.0399 e.